The number of carbonyl (C=O) groups is 1. The minimum atomic E-state index is -3.56. The minimum Gasteiger partial charge on any atom is -0.493 e. The second kappa shape index (κ2) is 11.0. The normalized spacial score (nSPS) is 11.4. The van der Waals surface area contributed by atoms with Crippen molar-refractivity contribution in [1.29, 1.82) is 0 Å². The Balaban J connectivity index is 1.88. The first-order chi connectivity index (χ1) is 14.3. The summed E-state index contributed by atoms with van der Waals surface area (Å²) in [5, 5.41) is 2.91. The highest BCUT2D eigenvalue weighted by Crippen LogP contribution is 2.20. The highest BCUT2D eigenvalue weighted by atomic mass is 32.2. The largest absolute Gasteiger partial charge is 0.493 e. The number of nitrogens with zero attached hydrogens (tertiary/aromatic N) is 2. The van der Waals surface area contributed by atoms with Crippen LogP contribution in [-0.2, 0) is 16.6 Å². The third kappa shape index (κ3) is 6.21. The molecule has 2 aromatic rings. The van der Waals surface area contributed by atoms with Gasteiger partial charge in [0.2, 0.25) is 0 Å². The van der Waals surface area contributed by atoms with Gasteiger partial charge in [0, 0.05) is 33.3 Å². The van der Waals surface area contributed by atoms with E-state index in [9.17, 15) is 13.2 Å². The van der Waals surface area contributed by atoms with Gasteiger partial charge in [0.05, 0.1) is 12.3 Å². The molecule has 0 unspecified atom stereocenters. The molecular weight excluding hydrogens is 402 g/mol. The van der Waals surface area contributed by atoms with E-state index in [4.69, 9.17) is 4.74 Å². The van der Waals surface area contributed by atoms with Gasteiger partial charge in [-0.1, -0.05) is 25.1 Å². The predicted octanol–water partition coefficient (Wildman–Crippen LogP) is 3.08. The third-order valence-electron chi connectivity index (χ3n) is 4.64. The Morgan fingerprint density at radius 2 is 1.70 bits per heavy atom. The van der Waals surface area contributed by atoms with E-state index in [1.165, 1.54) is 25.4 Å². The zero-order valence-corrected chi connectivity index (χ0v) is 18.9. The second-order valence-corrected chi connectivity index (χ2v) is 9.29. The van der Waals surface area contributed by atoms with E-state index in [0.717, 1.165) is 34.9 Å². The smallest absolute Gasteiger partial charge is 0.303 e. The van der Waals surface area contributed by atoms with Crippen LogP contribution in [0.3, 0.4) is 0 Å². The van der Waals surface area contributed by atoms with Gasteiger partial charge in [-0.2, -0.15) is 12.7 Å². The van der Waals surface area contributed by atoms with Crippen LogP contribution in [0.25, 0.3) is 0 Å². The summed E-state index contributed by atoms with van der Waals surface area (Å²) in [6, 6.07) is 14.5. The van der Waals surface area contributed by atoms with Crippen molar-refractivity contribution in [3.63, 3.8) is 0 Å². The standard InChI is InChI=1S/C22H31N3O4S/c1-5-17-29-21-11-7-6-9-18(21)10-8-16-23-22(26)19-12-14-20(15-13-19)25(4)30(27,28)24(2)3/h6-7,9,11-15H,5,8,10,16-17H2,1-4H3,(H,23,26). The van der Waals surface area contributed by atoms with Gasteiger partial charge >= 0.3 is 10.2 Å². The van der Waals surface area contributed by atoms with Crippen LogP contribution in [0.15, 0.2) is 48.5 Å². The topological polar surface area (TPSA) is 79.0 Å². The molecular formula is C22H31N3O4S. The number of aryl methyl sites for hydroxylation is 1. The molecule has 2 aromatic carbocycles. The van der Waals surface area contributed by atoms with Crippen LogP contribution < -0.4 is 14.4 Å². The fourth-order valence-corrected chi connectivity index (χ4v) is 3.72. The Labute approximate surface area is 179 Å². The van der Waals surface area contributed by atoms with E-state index in [1.807, 2.05) is 24.3 Å². The number of hydrogen-bond acceptors (Lipinski definition) is 4. The van der Waals surface area contributed by atoms with Gasteiger partial charge in [0.25, 0.3) is 5.91 Å². The molecule has 0 saturated carbocycles. The van der Waals surface area contributed by atoms with Crippen molar-refractivity contribution in [1.82, 2.24) is 9.62 Å². The van der Waals surface area contributed by atoms with Crippen molar-refractivity contribution in [2.75, 3.05) is 38.6 Å². The highest BCUT2D eigenvalue weighted by Gasteiger charge is 2.21. The first kappa shape index (κ1) is 23.7. The predicted molar refractivity (Wildman–Crippen MR) is 120 cm³/mol. The summed E-state index contributed by atoms with van der Waals surface area (Å²) in [7, 11) is 0.866. The van der Waals surface area contributed by atoms with E-state index in [0.29, 0.717) is 24.4 Å². The molecule has 0 fully saturated rings. The summed E-state index contributed by atoms with van der Waals surface area (Å²) in [4.78, 5) is 12.4. The molecule has 8 heteroatoms. The van der Waals surface area contributed by atoms with Gasteiger partial charge < -0.3 is 10.1 Å². The van der Waals surface area contributed by atoms with Crippen molar-refractivity contribution in [3.8, 4) is 5.75 Å². The number of benzene rings is 2. The Morgan fingerprint density at radius 1 is 1.03 bits per heavy atom. The average molecular weight is 434 g/mol. The van der Waals surface area contributed by atoms with Gasteiger partial charge in [0.1, 0.15) is 5.75 Å². The van der Waals surface area contributed by atoms with Crippen molar-refractivity contribution >= 4 is 21.8 Å². The Kier molecular flexibility index (Phi) is 8.68. The fourth-order valence-electron chi connectivity index (χ4n) is 2.85. The van der Waals surface area contributed by atoms with Crippen LogP contribution in [-0.4, -0.2) is 52.9 Å². The van der Waals surface area contributed by atoms with Crippen LogP contribution in [0.4, 0.5) is 5.69 Å². The zero-order chi connectivity index (χ0) is 22.1. The molecule has 0 aliphatic carbocycles. The van der Waals surface area contributed by atoms with Gasteiger partial charge in [0.15, 0.2) is 0 Å². The lowest BCUT2D eigenvalue weighted by Gasteiger charge is -2.23. The maximum atomic E-state index is 12.4. The number of para-hydroxylation sites is 1. The maximum Gasteiger partial charge on any atom is 0.303 e. The molecule has 0 atom stereocenters. The van der Waals surface area contributed by atoms with E-state index in [1.54, 1.807) is 24.3 Å². The number of ether oxygens (including phenoxy) is 1. The van der Waals surface area contributed by atoms with Crippen molar-refractivity contribution in [2.45, 2.75) is 26.2 Å². The van der Waals surface area contributed by atoms with Crippen molar-refractivity contribution < 1.29 is 17.9 Å². The summed E-state index contributed by atoms with van der Waals surface area (Å²) < 4.78 is 32.5. The fraction of sp³-hybridized carbons (Fsp3) is 0.409. The SMILES string of the molecule is CCCOc1ccccc1CCCNC(=O)c1ccc(N(C)S(=O)(=O)N(C)C)cc1. The maximum absolute atomic E-state index is 12.4. The second-order valence-electron chi connectivity index (χ2n) is 7.12. The molecule has 7 nitrogen and oxygen atoms in total. The van der Waals surface area contributed by atoms with Crippen LogP contribution >= 0.6 is 0 Å². The van der Waals surface area contributed by atoms with E-state index in [-0.39, 0.29) is 5.91 Å². The molecule has 0 spiro atoms. The lowest BCUT2D eigenvalue weighted by atomic mass is 10.1. The molecule has 0 aliphatic rings. The van der Waals surface area contributed by atoms with Gasteiger partial charge in [-0.3, -0.25) is 9.10 Å². The van der Waals surface area contributed by atoms with Crippen LogP contribution in [0.1, 0.15) is 35.7 Å². The lowest BCUT2D eigenvalue weighted by molar-refractivity contribution is 0.0953. The first-order valence-corrected chi connectivity index (χ1v) is 11.4. The molecule has 0 aromatic heterocycles. The molecule has 2 rings (SSSR count). The molecule has 30 heavy (non-hydrogen) atoms. The summed E-state index contributed by atoms with van der Waals surface area (Å²) in [5.41, 5.74) is 2.11. The zero-order valence-electron chi connectivity index (χ0n) is 18.1. The molecule has 164 valence electrons. The third-order valence-corrected chi connectivity index (χ3v) is 6.47. The summed E-state index contributed by atoms with van der Waals surface area (Å²) in [5.74, 6) is 0.716. The van der Waals surface area contributed by atoms with Crippen LogP contribution in [0.2, 0.25) is 0 Å². The molecule has 0 saturated heterocycles. The number of hydrogen-bond donors (Lipinski definition) is 1. The molecule has 0 heterocycles. The average Bonchev–Trinajstić information content (AvgIpc) is 2.75. The quantitative estimate of drug-likeness (QED) is 0.553. The van der Waals surface area contributed by atoms with E-state index in [2.05, 4.69) is 12.2 Å². The Bertz CT molecular complexity index is 928. The Morgan fingerprint density at radius 3 is 2.33 bits per heavy atom. The lowest BCUT2D eigenvalue weighted by Crippen LogP contribution is -2.37. The number of amides is 1. The monoisotopic (exact) mass is 433 g/mol. The highest BCUT2D eigenvalue weighted by molar-refractivity contribution is 7.90. The minimum absolute atomic E-state index is 0.185. The Hall–Kier alpha value is -2.58. The summed E-state index contributed by atoms with van der Waals surface area (Å²) >= 11 is 0. The molecule has 0 radical (unpaired) electrons. The first-order valence-electron chi connectivity index (χ1n) is 10.0. The summed E-state index contributed by atoms with van der Waals surface area (Å²) in [6.07, 6.45) is 2.56. The van der Waals surface area contributed by atoms with Gasteiger partial charge in [-0.15, -0.1) is 0 Å². The van der Waals surface area contributed by atoms with Crippen LogP contribution in [0, 0.1) is 0 Å². The number of carbonyl (C=O) groups excluding carboxylic acids is 1. The van der Waals surface area contributed by atoms with E-state index < -0.39 is 10.2 Å². The van der Waals surface area contributed by atoms with Crippen molar-refractivity contribution in [3.05, 3.63) is 59.7 Å². The number of anilines is 1. The molecule has 0 aliphatic heterocycles. The number of rotatable bonds is 11. The summed E-state index contributed by atoms with van der Waals surface area (Å²) in [6.45, 7) is 3.30. The van der Waals surface area contributed by atoms with Gasteiger partial charge in [-0.05, 0) is 55.2 Å². The van der Waals surface area contributed by atoms with Crippen LogP contribution in [0.5, 0.6) is 5.75 Å². The van der Waals surface area contributed by atoms with Gasteiger partial charge in [-0.25, -0.2) is 0 Å². The van der Waals surface area contributed by atoms with Crippen molar-refractivity contribution in [2.24, 2.45) is 0 Å². The van der Waals surface area contributed by atoms with E-state index >= 15 is 0 Å². The molecule has 0 bridgehead atoms. The number of nitrogens with one attached hydrogen (secondary N) is 1. The molecule has 1 amide bonds. The molecule has 1 N–H and O–H groups in total.